The summed E-state index contributed by atoms with van der Waals surface area (Å²) in [7, 11) is 0. The van der Waals surface area contributed by atoms with E-state index >= 15 is 0 Å². The Balaban J connectivity index is 1.44. The van der Waals surface area contributed by atoms with E-state index in [2.05, 4.69) is 22.3 Å². The molecule has 0 bridgehead atoms. The third-order valence-corrected chi connectivity index (χ3v) is 5.46. The lowest BCUT2D eigenvalue weighted by molar-refractivity contribution is -0.134. The van der Waals surface area contributed by atoms with Crippen LogP contribution in [-0.2, 0) is 11.2 Å². The third-order valence-electron chi connectivity index (χ3n) is 5.46. The number of nitrogens with zero attached hydrogens (tertiary/aromatic N) is 2. The molecule has 3 heterocycles. The van der Waals surface area contributed by atoms with Gasteiger partial charge in [0.2, 0.25) is 5.91 Å². The summed E-state index contributed by atoms with van der Waals surface area (Å²) in [5.41, 5.74) is 1.01. The van der Waals surface area contributed by atoms with Crippen LogP contribution in [0.4, 0.5) is 0 Å². The van der Waals surface area contributed by atoms with Gasteiger partial charge in [-0.2, -0.15) is 0 Å². The lowest BCUT2D eigenvalue weighted by Crippen LogP contribution is -2.51. The van der Waals surface area contributed by atoms with Gasteiger partial charge < -0.3 is 19.2 Å². The molecule has 2 aromatic heterocycles. The Bertz CT molecular complexity index is 912. The molecule has 6 heteroatoms. The monoisotopic (exact) mass is 391 g/mol. The van der Waals surface area contributed by atoms with Crippen LogP contribution >= 0.6 is 0 Å². The second kappa shape index (κ2) is 8.82. The zero-order valence-corrected chi connectivity index (χ0v) is 16.2. The molecule has 2 amide bonds. The number of rotatable bonds is 6. The van der Waals surface area contributed by atoms with Gasteiger partial charge in [0.25, 0.3) is 5.91 Å². The molecule has 6 nitrogen and oxygen atoms in total. The van der Waals surface area contributed by atoms with Gasteiger partial charge in [0.1, 0.15) is 6.04 Å². The highest BCUT2D eigenvalue weighted by molar-refractivity contribution is 5.95. The largest absolute Gasteiger partial charge is 0.459 e. The smallest absolute Gasteiger partial charge is 0.287 e. The number of benzene rings is 1. The molecule has 1 aliphatic heterocycles. The number of carbonyl (C=O) groups is 2. The molecule has 1 unspecified atom stereocenters. The van der Waals surface area contributed by atoms with Crippen molar-refractivity contribution in [1.82, 2.24) is 14.8 Å². The van der Waals surface area contributed by atoms with E-state index < -0.39 is 6.04 Å². The van der Waals surface area contributed by atoms with Crippen LogP contribution in [-0.4, -0.2) is 40.4 Å². The van der Waals surface area contributed by atoms with Crippen molar-refractivity contribution in [2.75, 3.05) is 13.1 Å². The Morgan fingerprint density at radius 3 is 2.38 bits per heavy atom. The minimum atomic E-state index is -0.627. The van der Waals surface area contributed by atoms with Crippen LogP contribution in [0.25, 0.3) is 0 Å². The molecular formula is C23H25N3O3. The zero-order valence-electron chi connectivity index (χ0n) is 16.2. The number of likely N-dealkylation sites (tertiary alicyclic amines) is 1. The zero-order chi connectivity index (χ0) is 20.1. The maximum Gasteiger partial charge on any atom is 0.287 e. The minimum Gasteiger partial charge on any atom is -0.459 e. The molecule has 1 atom stereocenters. The second-order valence-corrected chi connectivity index (χ2v) is 7.38. The first-order valence-electron chi connectivity index (χ1n) is 10.0. The summed E-state index contributed by atoms with van der Waals surface area (Å²) >= 11 is 0. The molecule has 3 aromatic rings. The summed E-state index contributed by atoms with van der Waals surface area (Å²) in [4.78, 5) is 27.7. The van der Waals surface area contributed by atoms with Crippen LogP contribution in [0, 0.1) is 0 Å². The standard InChI is InChI=1S/C23H25N3O3/c27-22(21-9-6-16-29-21)24-20(17-18-7-2-1-3-8-18)23(28)26-14-10-19(11-15-26)25-12-4-5-13-25/h1-9,12-13,16,19-20H,10-11,14-15,17H2,(H,24,27). The van der Waals surface area contributed by atoms with E-state index in [0.29, 0.717) is 25.6 Å². The Morgan fingerprint density at radius 1 is 1.00 bits per heavy atom. The molecule has 1 N–H and O–H groups in total. The topological polar surface area (TPSA) is 67.5 Å². The van der Waals surface area contributed by atoms with Gasteiger partial charge in [-0.25, -0.2) is 0 Å². The number of furan rings is 1. The highest BCUT2D eigenvalue weighted by Gasteiger charge is 2.30. The Labute approximate surface area is 170 Å². The molecule has 1 saturated heterocycles. The molecule has 0 saturated carbocycles. The fraction of sp³-hybridized carbons (Fsp3) is 0.304. The quantitative estimate of drug-likeness (QED) is 0.701. The van der Waals surface area contributed by atoms with Gasteiger partial charge >= 0.3 is 0 Å². The first-order chi connectivity index (χ1) is 14.2. The molecule has 150 valence electrons. The molecule has 29 heavy (non-hydrogen) atoms. The highest BCUT2D eigenvalue weighted by Crippen LogP contribution is 2.23. The Morgan fingerprint density at radius 2 is 1.72 bits per heavy atom. The molecule has 4 rings (SSSR count). The van der Waals surface area contributed by atoms with E-state index in [1.807, 2.05) is 47.4 Å². The number of amides is 2. The molecule has 1 aromatic carbocycles. The van der Waals surface area contributed by atoms with Crippen molar-refractivity contribution in [3.05, 3.63) is 84.6 Å². The van der Waals surface area contributed by atoms with E-state index in [1.165, 1.54) is 6.26 Å². The van der Waals surface area contributed by atoms with E-state index in [-0.39, 0.29) is 17.6 Å². The van der Waals surface area contributed by atoms with Crippen LogP contribution in [0.5, 0.6) is 0 Å². The van der Waals surface area contributed by atoms with Crippen molar-refractivity contribution < 1.29 is 14.0 Å². The fourth-order valence-electron chi connectivity index (χ4n) is 3.88. The SMILES string of the molecule is O=C(NC(Cc1ccccc1)C(=O)N1CCC(n2cccc2)CC1)c1ccco1. The van der Waals surface area contributed by atoms with Crippen molar-refractivity contribution in [1.29, 1.82) is 0 Å². The third kappa shape index (κ3) is 4.59. The van der Waals surface area contributed by atoms with Crippen LogP contribution < -0.4 is 5.32 Å². The normalized spacial score (nSPS) is 15.8. The van der Waals surface area contributed by atoms with Gasteiger partial charge in [-0.1, -0.05) is 30.3 Å². The Kier molecular flexibility index (Phi) is 5.79. The molecular weight excluding hydrogens is 366 g/mol. The van der Waals surface area contributed by atoms with E-state index in [0.717, 1.165) is 18.4 Å². The molecule has 1 fully saturated rings. The number of piperidine rings is 1. The van der Waals surface area contributed by atoms with Crippen LogP contribution in [0.3, 0.4) is 0 Å². The van der Waals surface area contributed by atoms with Crippen molar-refractivity contribution in [2.24, 2.45) is 0 Å². The summed E-state index contributed by atoms with van der Waals surface area (Å²) in [5, 5.41) is 2.87. The van der Waals surface area contributed by atoms with Crippen molar-refractivity contribution in [2.45, 2.75) is 31.3 Å². The van der Waals surface area contributed by atoms with Crippen LogP contribution in [0.15, 0.2) is 77.7 Å². The predicted octanol–water partition coefficient (Wildman–Crippen LogP) is 3.29. The predicted molar refractivity (Wildman–Crippen MR) is 109 cm³/mol. The lowest BCUT2D eigenvalue weighted by atomic mass is 10.0. The van der Waals surface area contributed by atoms with Gasteiger partial charge in [-0.15, -0.1) is 0 Å². The maximum absolute atomic E-state index is 13.3. The van der Waals surface area contributed by atoms with Gasteiger partial charge in [0, 0.05) is 37.9 Å². The van der Waals surface area contributed by atoms with Gasteiger partial charge in [0.15, 0.2) is 5.76 Å². The lowest BCUT2D eigenvalue weighted by Gasteiger charge is -2.35. The van der Waals surface area contributed by atoms with Crippen molar-refractivity contribution in [3.8, 4) is 0 Å². The van der Waals surface area contributed by atoms with Crippen molar-refractivity contribution in [3.63, 3.8) is 0 Å². The van der Waals surface area contributed by atoms with Crippen molar-refractivity contribution >= 4 is 11.8 Å². The highest BCUT2D eigenvalue weighted by atomic mass is 16.3. The molecule has 0 radical (unpaired) electrons. The molecule has 1 aliphatic rings. The molecule has 0 spiro atoms. The summed E-state index contributed by atoms with van der Waals surface area (Å²) < 4.78 is 7.40. The summed E-state index contributed by atoms with van der Waals surface area (Å²) in [5.74, 6) is -0.201. The minimum absolute atomic E-state index is 0.0419. The van der Waals surface area contributed by atoms with E-state index in [9.17, 15) is 9.59 Å². The van der Waals surface area contributed by atoms with Crippen LogP contribution in [0.2, 0.25) is 0 Å². The summed E-state index contributed by atoms with van der Waals surface area (Å²) in [6, 6.07) is 16.9. The summed E-state index contributed by atoms with van der Waals surface area (Å²) in [6.07, 6.45) is 7.86. The fourth-order valence-corrected chi connectivity index (χ4v) is 3.88. The molecule has 0 aliphatic carbocycles. The number of hydrogen-bond acceptors (Lipinski definition) is 3. The maximum atomic E-state index is 13.3. The first-order valence-corrected chi connectivity index (χ1v) is 10.0. The summed E-state index contributed by atoms with van der Waals surface area (Å²) in [6.45, 7) is 1.37. The van der Waals surface area contributed by atoms with E-state index in [4.69, 9.17) is 4.42 Å². The second-order valence-electron chi connectivity index (χ2n) is 7.38. The number of aromatic nitrogens is 1. The average Bonchev–Trinajstić information content (AvgIpc) is 3.48. The van der Waals surface area contributed by atoms with Gasteiger partial charge in [-0.3, -0.25) is 9.59 Å². The van der Waals surface area contributed by atoms with Crippen LogP contribution in [0.1, 0.15) is 35.0 Å². The van der Waals surface area contributed by atoms with E-state index in [1.54, 1.807) is 12.1 Å². The van der Waals surface area contributed by atoms with Gasteiger partial charge in [0.05, 0.1) is 6.26 Å². The van der Waals surface area contributed by atoms with Gasteiger partial charge in [-0.05, 0) is 42.7 Å². The first kappa shape index (κ1) is 19.1. The number of carbonyl (C=O) groups excluding carboxylic acids is 2. The Hall–Kier alpha value is -3.28. The number of nitrogens with one attached hydrogen (secondary N) is 1. The average molecular weight is 391 g/mol. The number of hydrogen-bond donors (Lipinski definition) is 1.